The van der Waals surface area contributed by atoms with Gasteiger partial charge in [-0.2, -0.15) is 0 Å². The Kier molecular flexibility index (Phi) is 2.37. The summed E-state index contributed by atoms with van der Waals surface area (Å²) in [7, 11) is 0. The summed E-state index contributed by atoms with van der Waals surface area (Å²) >= 11 is 5.97. The summed E-state index contributed by atoms with van der Waals surface area (Å²) < 4.78 is 0. The maximum absolute atomic E-state index is 11.3. The second-order valence-electron chi connectivity index (χ2n) is 4.11. The number of benzene rings is 2. The molecular formula is C14H10ClNO. The maximum Gasteiger partial charge on any atom is 0.228 e. The van der Waals surface area contributed by atoms with Gasteiger partial charge >= 0.3 is 0 Å². The number of anilines is 1. The van der Waals surface area contributed by atoms with Gasteiger partial charge in [-0.3, -0.25) is 4.79 Å². The Morgan fingerprint density at radius 2 is 1.88 bits per heavy atom. The fourth-order valence-corrected chi connectivity index (χ4v) is 2.25. The molecule has 0 unspecified atom stereocenters. The van der Waals surface area contributed by atoms with E-state index in [1.165, 1.54) is 0 Å². The molecule has 0 bridgehead atoms. The third-order valence-electron chi connectivity index (χ3n) is 2.89. The van der Waals surface area contributed by atoms with Crippen LogP contribution >= 0.6 is 11.6 Å². The van der Waals surface area contributed by atoms with E-state index in [1.54, 1.807) is 0 Å². The molecule has 2 aromatic carbocycles. The van der Waals surface area contributed by atoms with Gasteiger partial charge in [0.2, 0.25) is 5.91 Å². The number of carbonyl (C=O) groups excluding carboxylic acids is 1. The summed E-state index contributed by atoms with van der Waals surface area (Å²) in [6.07, 6.45) is 0.477. The van der Waals surface area contributed by atoms with Crippen molar-refractivity contribution in [1.29, 1.82) is 0 Å². The number of nitrogens with one attached hydrogen (secondary N) is 1. The number of carbonyl (C=O) groups is 1. The summed E-state index contributed by atoms with van der Waals surface area (Å²) in [5.74, 6) is 0.0586. The van der Waals surface area contributed by atoms with Crippen LogP contribution in [0.3, 0.4) is 0 Å². The molecule has 0 spiro atoms. The van der Waals surface area contributed by atoms with Gasteiger partial charge in [0.15, 0.2) is 0 Å². The van der Waals surface area contributed by atoms with Gasteiger partial charge < -0.3 is 5.32 Å². The van der Waals surface area contributed by atoms with Crippen LogP contribution in [0.5, 0.6) is 0 Å². The first kappa shape index (κ1) is 10.4. The molecule has 0 fully saturated rings. The van der Waals surface area contributed by atoms with Crippen LogP contribution in [-0.2, 0) is 11.2 Å². The van der Waals surface area contributed by atoms with Crippen molar-refractivity contribution < 1.29 is 4.79 Å². The van der Waals surface area contributed by atoms with Crippen molar-refractivity contribution in [3.63, 3.8) is 0 Å². The van der Waals surface area contributed by atoms with Gasteiger partial charge in [-0.15, -0.1) is 0 Å². The van der Waals surface area contributed by atoms with E-state index < -0.39 is 0 Å². The summed E-state index contributed by atoms with van der Waals surface area (Å²) in [6.45, 7) is 0. The first-order valence-corrected chi connectivity index (χ1v) is 5.79. The standard InChI is InChI=1S/C14H10ClNO/c15-12-3-1-2-9(6-12)10-4-5-11-8-14(17)16-13(11)7-10/h1-7H,8H2,(H,16,17). The third kappa shape index (κ3) is 1.92. The van der Waals surface area contributed by atoms with Crippen molar-refractivity contribution in [3.8, 4) is 11.1 Å². The molecule has 84 valence electrons. The molecule has 1 aliphatic heterocycles. The highest BCUT2D eigenvalue weighted by Gasteiger charge is 2.17. The Morgan fingerprint density at radius 1 is 1.06 bits per heavy atom. The summed E-state index contributed by atoms with van der Waals surface area (Å²) in [6, 6.07) is 13.7. The molecule has 2 nitrogen and oxygen atoms in total. The third-order valence-corrected chi connectivity index (χ3v) is 3.13. The molecule has 1 amide bonds. The molecule has 0 aliphatic carbocycles. The normalized spacial score (nSPS) is 13.4. The van der Waals surface area contributed by atoms with Crippen LogP contribution in [0.1, 0.15) is 5.56 Å². The second kappa shape index (κ2) is 3.90. The Labute approximate surface area is 104 Å². The highest BCUT2D eigenvalue weighted by molar-refractivity contribution is 6.30. The molecule has 1 aliphatic rings. The smallest absolute Gasteiger partial charge is 0.228 e. The molecule has 2 aromatic rings. The number of fused-ring (bicyclic) bond motifs is 1. The minimum atomic E-state index is 0.0586. The molecule has 0 radical (unpaired) electrons. The topological polar surface area (TPSA) is 29.1 Å². The number of amides is 1. The van der Waals surface area contributed by atoms with E-state index in [0.29, 0.717) is 11.4 Å². The quantitative estimate of drug-likeness (QED) is 0.816. The SMILES string of the molecule is O=C1Cc2ccc(-c3cccc(Cl)c3)cc2N1. The van der Waals surface area contributed by atoms with Crippen LogP contribution in [0.15, 0.2) is 42.5 Å². The van der Waals surface area contributed by atoms with Gasteiger partial charge in [-0.25, -0.2) is 0 Å². The van der Waals surface area contributed by atoms with Crippen LogP contribution in [0.2, 0.25) is 5.02 Å². The van der Waals surface area contributed by atoms with Crippen molar-refractivity contribution >= 4 is 23.2 Å². The molecule has 0 atom stereocenters. The number of hydrogen-bond donors (Lipinski definition) is 1. The van der Waals surface area contributed by atoms with E-state index in [9.17, 15) is 4.79 Å². The highest BCUT2D eigenvalue weighted by Crippen LogP contribution is 2.30. The zero-order valence-corrected chi connectivity index (χ0v) is 9.79. The predicted molar refractivity (Wildman–Crippen MR) is 69.2 cm³/mol. The van der Waals surface area contributed by atoms with Gasteiger partial charge in [-0.05, 0) is 34.9 Å². The Balaban J connectivity index is 2.06. The van der Waals surface area contributed by atoms with Gasteiger partial charge in [-0.1, -0.05) is 35.9 Å². The first-order valence-electron chi connectivity index (χ1n) is 5.41. The number of rotatable bonds is 1. The fourth-order valence-electron chi connectivity index (χ4n) is 2.06. The molecule has 3 rings (SSSR count). The highest BCUT2D eigenvalue weighted by atomic mass is 35.5. The monoisotopic (exact) mass is 243 g/mol. The molecule has 3 heteroatoms. The Bertz CT molecular complexity index is 607. The maximum atomic E-state index is 11.3. The van der Waals surface area contributed by atoms with Crippen LogP contribution < -0.4 is 5.32 Å². The predicted octanol–water partition coefficient (Wildman–Crippen LogP) is 3.50. The minimum absolute atomic E-state index is 0.0586. The van der Waals surface area contributed by atoms with Crippen molar-refractivity contribution in [1.82, 2.24) is 0 Å². The Morgan fingerprint density at radius 3 is 2.71 bits per heavy atom. The van der Waals surface area contributed by atoms with Gasteiger partial charge in [0.1, 0.15) is 0 Å². The van der Waals surface area contributed by atoms with Gasteiger partial charge in [0.05, 0.1) is 6.42 Å². The van der Waals surface area contributed by atoms with E-state index in [2.05, 4.69) is 5.32 Å². The van der Waals surface area contributed by atoms with E-state index in [0.717, 1.165) is 22.4 Å². The van der Waals surface area contributed by atoms with Crippen LogP contribution in [0, 0.1) is 0 Å². The second-order valence-corrected chi connectivity index (χ2v) is 4.54. The minimum Gasteiger partial charge on any atom is -0.326 e. The van der Waals surface area contributed by atoms with Crippen molar-refractivity contribution in [2.45, 2.75) is 6.42 Å². The molecular weight excluding hydrogens is 234 g/mol. The average molecular weight is 244 g/mol. The molecule has 0 aromatic heterocycles. The summed E-state index contributed by atoms with van der Waals surface area (Å²) in [5, 5.41) is 3.57. The average Bonchev–Trinajstić information content (AvgIpc) is 2.68. The lowest BCUT2D eigenvalue weighted by Gasteiger charge is -2.05. The Hall–Kier alpha value is -1.80. The van der Waals surface area contributed by atoms with E-state index >= 15 is 0 Å². The fraction of sp³-hybridized carbons (Fsp3) is 0.0714. The van der Waals surface area contributed by atoms with Crippen molar-refractivity contribution in [2.75, 3.05) is 5.32 Å². The number of hydrogen-bond acceptors (Lipinski definition) is 1. The van der Waals surface area contributed by atoms with E-state index in [-0.39, 0.29) is 5.91 Å². The molecule has 0 saturated carbocycles. The number of halogens is 1. The lowest BCUT2D eigenvalue weighted by Crippen LogP contribution is -2.03. The lowest BCUT2D eigenvalue weighted by molar-refractivity contribution is -0.115. The zero-order valence-electron chi connectivity index (χ0n) is 9.03. The van der Waals surface area contributed by atoms with E-state index in [4.69, 9.17) is 11.6 Å². The molecule has 1 N–H and O–H groups in total. The zero-order chi connectivity index (χ0) is 11.8. The first-order chi connectivity index (χ1) is 8.22. The van der Waals surface area contributed by atoms with Crippen LogP contribution in [0.25, 0.3) is 11.1 Å². The van der Waals surface area contributed by atoms with Gasteiger partial charge in [0.25, 0.3) is 0 Å². The van der Waals surface area contributed by atoms with Crippen LogP contribution in [0.4, 0.5) is 5.69 Å². The van der Waals surface area contributed by atoms with Crippen molar-refractivity contribution in [2.24, 2.45) is 0 Å². The molecule has 17 heavy (non-hydrogen) atoms. The van der Waals surface area contributed by atoms with Gasteiger partial charge in [0, 0.05) is 10.7 Å². The van der Waals surface area contributed by atoms with Crippen LogP contribution in [-0.4, -0.2) is 5.91 Å². The molecule has 0 saturated heterocycles. The summed E-state index contributed by atoms with van der Waals surface area (Å²) in [4.78, 5) is 11.3. The van der Waals surface area contributed by atoms with E-state index in [1.807, 2.05) is 42.5 Å². The largest absolute Gasteiger partial charge is 0.326 e. The van der Waals surface area contributed by atoms with Crippen molar-refractivity contribution in [3.05, 3.63) is 53.1 Å². The lowest BCUT2D eigenvalue weighted by atomic mass is 10.0. The molecule has 1 heterocycles. The summed E-state index contributed by atoms with van der Waals surface area (Å²) in [5.41, 5.74) is 4.09.